The predicted octanol–water partition coefficient (Wildman–Crippen LogP) is 5.22. The molecule has 1 aromatic carbocycles. The number of ether oxygens (including phenoxy) is 1. The van der Waals surface area contributed by atoms with E-state index >= 15 is 0 Å². The van der Waals surface area contributed by atoms with Crippen LogP contribution in [0.4, 0.5) is 0 Å². The van der Waals surface area contributed by atoms with Gasteiger partial charge in [0.1, 0.15) is 17.3 Å². The number of rotatable bonds is 9. The summed E-state index contributed by atoms with van der Waals surface area (Å²) in [7, 11) is 0. The summed E-state index contributed by atoms with van der Waals surface area (Å²) < 4.78 is 16.5. The first-order valence-electron chi connectivity index (χ1n) is 8.83. The van der Waals surface area contributed by atoms with Crippen molar-refractivity contribution in [2.75, 3.05) is 6.61 Å². The molecule has 3 rings (SSSR count). The maximum absolute atomic E-state index is 12.7. The number of amides is 1. The summed E-state index contributed by atoms with van der Waals surface area (Å²) in [5, 5.41) is 0.682. The zero-order valence-corrected chi connectivity index (χ0v) is 15.9. The monoisotopic (exact) mass is 387 g/mol. The van der Waals surface area contributed by atoms with E-state index in [1.54, 1.807) is 23.5 Å². The summed E-state index contributed by atoms with van der Waals surface area (Å²) in [5.74, 6) is 2.29. The van der Waals surface area contributed by atoms with Gasteiger partial charge in [-0.05, 0) is 61.4 Å². The summed E-state index contributed by atoms with van der Waals surface area (Å²) in [4.78, 5) is 14.4. The third-order valence-electron chi connectivity index (χ3n) is 4.14. The number of hydrogen-bond donors (Lipinski definition) is 0. The largest absolute Gasteiger partial charge is 0.493 e. The minimum atomic E-state index is 0.0271. The van der Waals surface area contributed by atoms with Crippen LogP contribution in [0.2, 0.25) is 5.02 Å². The van der Waals surface area contributed by atoms with Crippen LogP contribution >= 0.6 is 11.6 Å². The van der Waals surface area contributed by atoms with Crippen LogP contribution in [0.5, 0.6) is 5.75 Å². The quantitative estimate of drug-likeness (QED) is 0.472. The van der Waals surface area contributed by atoms with Crippen LogP contribution in [0.25, 0.3) is 0 Å². The second-order valence-corrected chi connectivity index (χ2v) is 6.71. The third-order valence-corrected chi connectivity index (χ3v) is 4.37. The van der Waals surface area contributed by atoms with Gasteiger partial charge in [-0.3, -0.25) is 4.79 Å². The normalized spacial score (nSPS) is 10.7. The molecule has 2 aromatic heterocycles. The Balaban J connectivity index is 1.52. The Kier molecular flexibility index (Phi) is 6.60. The molecule has 0 aliphatic rings. The molecule has 0 fully saturated rings. The molecule has 0 N–H and O–H groups in total. The third kappa shape index (κ3) is 5.66. The van der Waals surface area contributed by atoms with Crippen LogP contribution in [0.15, 0.2) is 63.8 Å². The molecular weight excluding hydrogens is 366 g/mol. The Hall–Kier alpha value is -2.66. The summed E-state index contributed by atoms with van der Waals surface area (Å²) in [5.41, 5.74) is 0.978. The minimum absolute atomic E-state index is 0.0271. The number of nitrogens with zero attached hydrogens (tertiary/aromatic N) is 1. The molecule has 0 unspecified atom stereocenters. The zero-order valence-electron chi connectivity index (χ0n) is 15.2. The lowest BCUT2D eigenvalue weighted by Crippen LogP contribution is -2.30. The Morgan fingerprint density at radius 2 is 1.74 bits per heavy atom. The van der Waals surface area contributed by atoms with Gasteiger partial charge in [0, 0.05) is 11.4 Å². The average Bonchev–Trinajstić information content (AvgIpc) is 3.33. The van der Waals surface area contributed by atoms with Crippen LogP contribution in [-0.2, 0) is 17.9 Å². The molecule has 0 radical (unpaired) electrons. The van der Waals surface area contributed by atoms with Gasteiger partial charge in [-0.2, -0.15) is 0 Å². The van der Waals surface area contributed by atoms with Crippen LogP contribution in [0.1, 0.15) is 29.9 Å². The van der Waals surface area contributed by atoms with Crippen molar-refractivity contribution >= 4 is 17.5 Å². The summed E-state index contributed by atoms with van der Waals surface area (Å²) >= 11 is 5.95. The van der Waals surface area contributed by atoms with E-state index in [1.165, 1.54) is 0 Å². The van der Waals surface area contributed by atoms with Crippen LogP contribution in [0, 0.1) is 6.92 Å². The highest BCUT2D eigenvalue weighted by molar-refractivity contribution is 6.30. The summed E-state index contributed by atoms with van der Waals surface area (Å²) in [6.07, 6.45) is 4.21. The summed E-state index contributed by atoms with van der Waals surface area (Å²) in [6.45, 7) is 3.22. The molecule has 0 aliphatic heterocycles. The highest BCUT2D eigenvalue weighted by Crippen LogP contribution is 2.22. The number of hydrogen-bond acceptors (Lipinski definition) is 4. The fourth-order valence-corrected chi connectivity index (χ4v) is 2.98. The van der Waals surface area contributed by atoms with Gasteiger partial charge in [0.25, 0.3) is 0 Å². The fourth-order valence-electron chi connectivity index (χ4n) is 2.75. The highest BCUT2D eigenvalue weighted by atomic mass is 35.5. The SMILES string of the molecule is Cc1cc(Cl)ccc1OCCCC(=O)N(Cc1ccco1)Cc1ccco1. The van der Waals surface area contributed by atoms with Gasteiger partial charge in [-0.1, -0.05) is 11.6 Å². The van der Waals surface area contributed by atoms with Crippen molar-refractivity contribution in [1.82, 2.24) is 4.90 Å². The lowest BCUT2D eigenvalue weighted by Gasteiger charge is -2.20. The van der Waals surface area contributed by atoms with Crippen molar-refractivity contribution in [2.24, 2.45) is 0 Å². The van der Waals surface area contributed by atoms with Gasteiger partial charge in [0.2, 0.25) is 5.91 Å². The van der Waals surface area contributed by atoms with E-state index in [0.29, 0.717) is 37.6 Å². The van der Waals surface area contributed by atoms with Crippen molar-refractivity contribution < 1.29 is 18.4 Å². The first-order chi connectivity index (χ1) is 13.1. The van der Waals surface area contributed by atoms with Crippen molar-refractivity contribution in [3.63, 3.8) is 0 Å². The molecule has 0 spiro atoms. The molecule has 27 heavy (non-hydrogen) atoms. The molecule has 1 amide bonds. The van der Waals surface area contributed by atoms with E-state index < -0.39 is 0 Å². The van der Waals surface area contributed by atoms with Crippen molar-refractivity contribution in [1.29, 1.82) is 0 Å². The Morgan fingerprint density at radius 1 is 1.07 bits per heavy atom. The second kappa shape index (κ2) is 9.33. The Morgan fingerprint density at radius 3 is 2.30 bits per heavy atom. The molecule has 0 atom stereocenters. The van der Waals surface area contributed by atoms with E-state index in [2.05, 4.69) is 0 Å². The molecule has 0 aliphatic carbocycles. The first-order valence-corrected chi connectivity index (χ1v) is 9.21. The highest BCUT2D eigenvalue weighted by Gasteiger charge is 2.17. The number of carbonyl (C=O) groups excluding carboxylic acids is 1. The van der Waals surface area contributed by atoms with Gasteiger partial charge >= 0.3 is 0 Å². The van der Waals surface area contributed by atoms with E-state index in [9.17, 15) is 4.79 Å². The average molecular weight is 388 g/mol. The zero-order chi connectivity index (χ0) is 19.1. The molecule has 5 nitrogen and oxygen atoms in total. The molecule has 3 aromatic rings. The number of benzene rings is 1. The van der Waals surface area contributed by atoms with Crippen molar-refractivity contribution in [3.8, 4) is 5.75 Å². The molecule has 0 saturated carbocycles. The standard InChI is InChI=1S/C21H22ClNO4/c1-16-13-17(22)8-9-20(16)27-12-4-7-21(24)23(14-18-5-2-10-25-18)15-19-6-3-11-26-19/h2-3,5-6,8-11,13H,4,7,12,14-15H2,1H3. The van der Waals surface area contributed by atoms with Gasteiger partial charge < -0.3 is 18.5 Å². The van der Waals surface area contributed by atoms with Crippen LogP contribution < -0.4 is 4.74 Å². The molecule has 0 saturated heterocycles. The predicted molar refractivity (Wildman–Crippen MR) is 103 cm³/mol. The Bertz CT molecular complexity index is 807. The molecule has 2 heterocycles. The molecule has 0 bridgehead atoms. The maximum atomic E-state index is 12.7. The van der Waals surface area contributed by atoms with Crippen LogP contribution in [0.3, 0.4) is 0 Å². The summed E-state index contributed by atoms with van der Waals surface area (Å²) in [6, 6.07) is 12.8. The number of carbonyl (C=O) groups is 1. The Labute approximate surface area is 163 Å². The first kappa shape index (κ1) is 19.1. The lowest BCUT2D eigenvalue weighted by molar-refractivity contribution is -0.133. The van der Waals surface area contributed by atoms with E-state index in [4.69, 9.17) is 25.2 Å². The maximum Gasteiger partial charge on any atom is 0.223 e. The van der Waals surface area contributed by atoms with E-state index in [-0.39, 0.29) is 5.91 Å². The molecular formula is C21H22ClNO4. The molecule has 6 heteroatoms. The van der Waals surface area contributed by atoms with Crippen LogP contribution in [-0.4, -0.2) is 17.4 Å². The number of furan rings is 2. The van der Waals surface area contributed by atoms with Crippen molar-refractivity contribution in [3.05, 3.63) is 77.1 Å². The van der Waals surface area contributed by atoms with Gasteiger partial charge in [-0.25, -0.2) is 0 Å². The van der Waals surface area contributed by atoms with Gasteiger partial charge in [0.05, 0.1) is 32.2 Å². The van der Waals surface area contributed by atoms with Gasteiger partial charge in [0.15, 0.2) is 0 Å². The number of halogens is 1. The van der Waals surface area contributed by atoms with E-state index in [0.717, 1.165) is 22.8 Å². The minimum Gasteiger partial charge on any atom is -0.493 e. The van der Waals surface area contributed by atoms with Crippen molar-refractivity contribution in [2.45, 2.75) is 32.9 Å². The van der Waals surface area contributed by atoms with E-state index in [1.807, 2.05) is 43.3 Å². The molecule has 142 valence electrons. The second-order valence-electron chi connectivity index (χ2n) is 6.27. The smallest absolute Gasteiger partial charge is 0.223 e. The number of aryl methyl sites for hydroxylation is 1. The fraction of sp³-hybridized carbons (Fsp3) is 0.286. The lowest BCUT2D eigenvalue weighted by atomic mass is 10.2. The van der Waals surface area contributed by atoms with Gasteiger partial charge in [-0.15, -0.1) is 0 Å². The topological polar surface area (TPSA) is 55.8 Å².